The molecular weight excluding hydrogens is 266 g/mol. The third-order valence-electron chi connectivity index (χ3n) is 3.29. The Hall–Kier alpha value is -1.30. The number of fused-ring (bicyclic) bond motifs is 1. The topological polar surface area (TPSA) is 78.6 Å². The molecule has 0 bridgehead atoms. The number of carbonyl (C=O) groups is 1. The number of halogens is 1. The zero-order valence-corrected chi connectivity index (χ0v) is 11.7. The van der Waals surface area contributed by atoms with Crippen LogP contribution in [0.2, 0.25) is 5.02 Å². The normalized spacial score (nSPS) is 19.0. The maximum absolute atomic E-state index is 11.5. The summed E-state index contributed by atoms with van der Waals surface area (Å²) >= 11 is 6.23. The summed E-state index contributed by atoms with van der Waals surface area (Å²) < 4.78 is 0. The van der Waals surface area contributed by atoms with Crippen LogP contribution in [0.4, 0.5) is 11.4 Å². The molecule has 1 heterocycles. The number of rotatable bonds is 4. The summed E-state index contributed by atoms with van der Waals surface area (Å²) in [5, 5.41) is 12.6. The van der Waals surface area contributed by atoms with Crippen molar-refractivity contribution in [3.8, 4) is 0 Å². The summed E-state index contributed by atoms with van der Waals surface area (Å²) in [6, 6.07) is 2.90. The molecule has 1 aliphatic heterocycles. The molecule has 0 saturated heterocycles. The quantitative estimate of drug-likeness (QED) is 0.782. The smallest absolute Gasteiger partial charge is 0.245 e. The number of hydrogen-bond donors (Lipinski definition) is 3. The average Bonchev–Trinajstić information content (AvgIpc) is 2.61. The number of amides is 1. The molecule has 104 valence electrons. The van der Waals surface area contributed by atoms with E-state index in [1.165, 1.54) is 0 Å². The fraction of sp³-hybridized carbons (Fsp3) is 0.462. The largest absolute Gasteiger partial charge is 0.393 e. The Morgan fingerprint density at radius 3 is 2.89 bits per heavy atom. The molecule has 0 aliphatic carbocycles. The van der Waals surface area contributed by atoms with Crippen molar-refractivity contribution in [3.63, 3.8) is 0 Å². The summed E-state index contributed by atoms with van der Waals surface area (Å²) in [5.74, 6) is -0.213. The lowest BCUT2D eigenvalue weighted by Gasteiger charge is -2.22. The molecule has 4 N–H and O–H groups in total. The Balaban J connectivity index is 2.24. The van der Waals surface area contributed by atoms with Crippen molar-refractivity contribution in [1.29, 1.82) is 0 Å². The van der Waals surface area contributed by atoms with E-state index in [1.54, 1.807) is 13.0 Å². The molecule has 0 fully saturated rings. The van der Waals surface area contributed by atoms with Crippen LogP contribution in [0.3, 0.4) is 0 Å². The van der Waals surface area contributed by atoms with Gasteiger partial charge in [-0.15, -0.1) is 0 Å². The van der Waals surface area contributed by atoms with E-state index in [1.807, 2.05) is 18.0 Å². The molecule has 0 radical (unpaired) electrons. The summed E-state index contributed by atoms with van der Waals surface area (Å²) in [6.45, 7) is 2.42. The number of nitrogens with two attached hydrogens (primary N) is 1. The maximum atomic E-state index is 11.5. The Kier molecular flexibility index (Phi) is 3.99. The molecule has 1 aromatic carbocycles. The Bertz CT molecular complexity index is 505. The predicted octanol–water partition coefficient (Wildman–Crippen LogP) is 1.50. The minimum atomic E-state index is -0.649. The lowest BCUT2D eigenvalue weighted by atomic mass is 10.1. The Morgan fingerprint density at radius 1 is 1.58 bits per heavy atom. The van der Waals surface area contributed by atoms with E-state index in [9.17, 15) is 9.90 Å². The van der Waals surface area contributed by atoms with E-state index >= 15 is 0 Å². The molecule has 1 aliphatic rings. The fourth-order valence-corrected chi connectivity index (χ4v) is 2.40. The van der Waals surface area contributed by atoms with Gasteiger partial charge in [0.25, 0.3) is 0 Å². The van der Waals surface area contributed by atoms with Gasteiger partial charge in [-0.1, -0.05) is 11.6 Å². The third-order valence-corrected chi connectivity index (χ3v) is 3.59. The van der Waals surface area contributed by atoms with E-state index in [2.05, 4.69) is 5.32 Å². The molecule has 0 saturated carbocycles. The van der Waals surface area contributed by atoms with E-state index < -0.39 is 6.04 Å². The van der Waals surface area contributed by atoms with Gasteiger partial charge in [-0.2, -0.15) is 0 Å². The molecule has 5 nitrogen and oxygen atoms in total. The highest BCUT2D eigenvalue weighted by Crippen LogP contribution is 2.37. The van der Waals surface area contributed by atoms with Gasteiger partial charge >= 0.3 is 0 Å². The number of carbonyl (C=O) groups excluding carboxylic acids is 1. The van der Waals surface area contributed by atoms with Gasteiger partial charge in [-0.3, -0.25) is 4.79 Å². The van der Waals surface area contributed by atoms with Gasteiger partial charge in [-0.25, -0.2) is 0 Å². The number of nitrogens with zero attached hydrogens (tertiary/aromatic N) is 1. The molecule has 1 aromatic rings. The number of benzene rings is 1. The van der Waals surface area contributed by atoms with E-state index in [4.69, 9.17) is 17.3 Å². The van der Waals surface area contributed by atoms with Crippen molar-refractivity contribution >= 4 is 28.9 Å². The van der Waals surface area contributed by atoms with Crippen LogP contribution in [0, 0.1) is 0 Å². The van der Waals surface area contributed by atoms with Crippen molar-refractivity contribution in [2.45, 2.75) is 25.5 Å². The minimum absolute atomic E-state index is 0.213. The molecule has 0 spiro atoms. The van der Waals surface area contributed by atoms with Gasteiger partial charge in [0.1, 0.15) is 6.04 Å². The monoisotopic (exact) mass is 283 g/mol. The van der Waals surface area contributed by atoms with Gasteiger partial charge in [0.2, 0.25) is 5.91 Å². The van der Waals surface area contributed by atoms with Crippen LogP contribution in [0.15, 0.2) is 12.1 Å². The molecular formula is C13H18ClN3O2. The molecule has 2 rings (SSSR count). The highest BCUT2D eigenvalue weighted by Gasteiger charge is 2.28. The van der Waals surface area contributed by atoms with Crippen LogP contribution in [0.5, 0.6) is 0 Å². The van der Waals surface area contributed by atoms with Crippen molar-refractivity contribution in [2.24, 2.45) is 5.73 Å². The standard InChI is InChI=1S/C13H18ClN3O2/c1-7(18)3-4-17(2)11-6-10-8(5-9(11)14)12(15)13(19)16-10/h5-7,12,18H,3-4,15H2,1-2H3,(H,16,19). The number of aliphatic hydroxyl groups excluding tert-OH is 1. The number of hydrogen-bond acceptors (Lipinski definition) is 4. The van der Waals surface area contributed by atoms with E-state index in [0.717, 1.165) is 11.3 Å². The van der Waals surface area contributed by atoms with Crippen LogP contribution < -0.4 is 16.0 Å². The van der Waals surface area contributed by atoms with Gasteiger partial charge in [-0.05, 0) is 25.5 Å². The van der Waals surface area contributed by atoms with Crippen LogP contribution in [-0.2, 0) is 4.79 Å². The summed E-state index contributed by atoms with van der Waals surface area (Å²) in [5.41, 5.74) is 8.02. The highest BCUT2D eigenvalue weighted by molar-refractivity contribution is 6.33. The van der Waals surface area contributed by atoms with Crippen molar-refractivity contribution in [1.82, 2.24) is 0 Å². The summed E-state index contributed by atoms with van der Waals surface area (Å²) in [6.07, 6.45) is 0.291. The highest BCUT2D eigenvalue weighted by atomic mass is 35.5. The Labute approximate surface area is 117 Å². The van der Waals surface area contributed by atoms with Crippen LogP contribution in [0.25, 0.3) is 0 Å². The first-order chi connectivity index (χ1) is 8.90. The van der Waals surface area contributed by atoms with Crippen LogP contribution in [0.1, 0.15) is 24.9 Å². The molecule has 6 heteroatoms. The lowest BCUT2D eigenvalue weighted by molar-refractivity contribution is -0.116. The van der Waals surface area contributed by atoms with Crippen molar-refractivity contribution < 1.29 is 9.90 Å². The molecule has 19 heavy (non-hydrogen) atoms. The minimum Gasteiger partial charge on any atom is -0.393 e. The SMILES string of the molecule is CC(O)CCN(C)c1cc2c(cc1Cl)C(N)C(=O)N2. The first-order valence-electron chi connectivity index (χ1n) is 6.19. The van der Waals surface area contributed by atoms with Gasteiger partial charge < -0.3 is 21.1 Å². The maximum Gasteiger partial charge on any atom is 0.245 e. The Morgan fingerprint density at radius 2 is 2.26 bits per heavy atom. The van der Waals surface area contributed by atoms with Crippen LogP contribution in [-0.4, -0.2) is 30.7 Å². The number of aliphatic hydroxyl groups is 1. The first-order valence-corrected chi connectivity index (χ1v) is 6.57. The van der Waals surface area contributed by atoms with E-state index in [0.29, 0.717) is 23.7 Å². The van der Waals surface area contributed by atoms with Gasteiger partial charge in [0.15, 0.2) is 0 Å². The average molecular weight is 284 g/mol. The molecule has 1 amide bonds. The number of anilines is 2. The first kappa shape index (κ1) is 14.1. The second-order valence-electron chi connectivity index (χ2n) is 4.92. The molecule has 0 aromatic heterocycles. The molecule has 2 unspecified atom stereocenters. The summed E-state index contributed by atoms with van der Waals surface area (Å²) in [7, 11) is 1.90. The predicted molar refractivity (Wildman–Crippen MR) is 76.6 cm³/mol. The zero-order chi connectivity index (χ0) is 14.2. The van der Waals surface area contributed by atoms with Gasteiger partial charge in [0, 0.05) is 24.8 Å². The second-order valence-corrected chi connectivity index (χ2v) is 5.32. The second kappa shape index (κ2) is 5.36. The van der Waals surface area contributed by atoms with Crippen molar-refractivity contribution in [3.05, 3.63) is 22.7 Å². The lowest BCUT2D eigenvalue weighted by Crippen LogP contribution is -2.22. The molecule has 2 atom stereocenters. The van der Waals surface area contributed by atoms with Crippen molar-refractivity contribution in [2.75, 3.05) is 23.8 Å². The number of nitrogens with one attached hydrogen (secondary N) is 1. The zero-order valence-electron chi connectivity index (χ0n) is 11.0. The fourth-order valence-electron chi connectivity index (χ4n) is 2.09. The third kappa shape index (κ3) is 2.83. The van der Waals surface area contributed by atoms with E-state index in [-0.39, 0.29) is 12.0 Å². The summed E-state index contributed by atoms with van der Waals surface area (Å²) in [4.78, 5) is 13.5. The van der Waals surface area contributed by atoms with Crippen LogP contribution >= 0.6 is 11.6 Å². The van der Waals surface area contributed by atoms with Gasteiger partial charge in [0.05, 0.1) is 16.8 Å².